The highest BCUT2D eigenvalue weighted by Crippen LogP contribution is 2.26. The fourth-order valence-corrected chi connectivity index (χ4v) is 2.14. The number of nitrogens with zero attached hydrogens (tertiary/aromatic N) is 1. The summed E-state index contributed by atoms with van der Waals surface area (Å²) in [6, 6.07) is 2.83. The molecular formula is C16H20FNO3. The molecule has 0 unspecified atom stereocenters. The summed E-state index contributed by atoms with van der Waals surface area (Å²) in [5.41, 5.74) is -0.0238. The second-order valence-corrected chi connectivity index (χ2v) is 5.41. The maximum absolute atomic E-state index is 13.6. The first kappa shape index (κ1) is 16.9. The maximum Gasteiger partial charge on any atom is 0.337 e. The Kier molecular flexibility index (Phi) is 4.91. The molecule has 0 bridgehead atoms. The summed E-state index contributed by atoms with van der Waals surface area (Å²) in [6.07, 6.45) is 1.43. The van der Waals surface area contributed by atoms with Gasteiger partial charge in [-0.1, -0.05) is 0 Å². The average molecular weight is 293 g/mol. The van der Waals surface area contributed by atoms with Crippen molar-refractivity contribution in [2.75, 3.05) is 0 Å². The Balaban J connectivity index is 0.00000106. The number of carbonyl (C=O) groups is 1. The van der Waals surface area contributed by atoms with E-state index in [0.717, 1.165) is 0 Å². The first-order chi connectivity index (χ1) is 9.69. The van der Waals surface area contributed by atoms with Crippen molar-refractivity contribution < 1.29 is 19.4 Å². The number of carboxylic acid groups (broad SMARTS) is 1. The van der Waals surface area contributed by atoms with Gasteiger partial charge in [0.2, 0.25) is 0 Å². The van der Waals surface area contributed by atoms with Gasteiger partial charge in [-0.15, -0.1) is 13.2 Å². The van der Waals surface area contributed by atoms with E-state index in [2.05, 4.69) is 13.2 Å². The predicted molar refractivity (Wildman–Crippen MR) is 81.1 cm³/mol. The number of fused-ring (bicyclic) bond motifs is 1. The van der Waals surface area contributed by atoms with Crippen LogP contribution in [0.15, 0.2) is 31.5 Å². The molecule has 2 aromatic rings. The summed E-state index contributed by atoms with van der Waals surface area (Å²) in [5.74, 6) is -1.45. The summed E-state index contributed by atoms with van der Waals surface area (Å²) in [6.45, 7) is 11.0. The van der Waals surface area contributed by atoms with Crippen molar-refractivity contribution >= 4 is 16.9 Å². The molecule has 5 heteroatoms. The van der Waals surface area contributed by atoms with Crippen molar-refractivity contribution in [1.82, 2.24) is 4.57 Å². The fourth-order valence-electron chi connectivity index (χ4n) is 2.14. The van der Waals surface area contributed by atoms with Crippen molar-refractivity contribution in [1.29, 1.82) is 0 Å². The Morgan fingerprint density at radius 3 is 2.43 bits per heavy atom. The van der Waals surface area contributed by atoms with Gasteiger partial charge in [-0.25, -0.2) is 9.18 Å². The van der Waals surface area contributed by atoms with Crippen LogP contribution >= 0.6 is 0 Å². The van der Waals surface area contributed by atoms with E-state index >= 15 is 0 Å². The number of aliphatic hydroxyl groups is 1. The van der Waals surface area contributed by atoms with Gasteiger partial charge in [-0.3, -0.25) is 0 Å². The molecule has 0 spiro atoms. The van der Waals surface area contributed by atoms with Gasteiger partial charge in [0, 0.05) is 11.6 Å². The van der Waals surface area contributed by atoms with Crippen LogP contribution in [0, 0.1) is 12.7 Å². The number of hydrogen-bond donors (Lipinski definition) is 2. The Morgan fingerprint density at radius 2 is 1.95 bits per heavy atom. The molecule has 0 radical (unpaired) electrons. The third-order valence-corrected chi connectivity index (χ3v) is 2.95. The molecule has 0 fully saturated rings. The third kappa shape index (κ3) is 3.70. The number of aromatic nitrogens is 1. The van der Waals surface area contributed by atoms with E-state index in [1.165, 1.54) is 18.3 Å². The van der Waals surface area contributed by atoms with Crippen LogP contribution in [-0.2, 0) is 6.54 Å². The molecule has 0 aliphatic heterocycles. The molecule has 114 valence electrons. The summed E-state index contributed by atoms with van der Waals surface area (Å²) in [5, 5.41) is 19.5. The fraction of sp³-hybridized carbons (Fsp3) is 0.312. The van der Waals surface area contributed by atoms with E-state index in [9.17, 15) is 19.4 Å². The number of rotatable bonds is 3. The van der Waals surface area contributed by atoms with Gasteiger partial charge in [0.05, 0.1) is 23.2 Å². The topological polar surface area (TPSA) is 62.5 Å². The largest absolute Gasteiger partial charge is 0.478 e. The Labute approximate surface area is 123 Å². The zero-order valence-electron chi connectivity index (χ0n) is 12.5. The quantitative estimate of drug-likeness (QED) is 0.853. The molecule has 0 saturated heterocycles. The van der Waals surface area contributed by atoms with Crippen LogP contribution in [0.25, 0.3) is 10.9 Å². The maximum atomic E-state index is 13.6. The van der Waals surface area contributed by atoms with Crippen molar-refractivity contribution in [3.63, 3.8) is 0 Å². The van der Waals surface area contributed by atoms with E-state index in [-0.39, 0.29) is 17.9 Å². The van der Waals surface area contributed by atoms with Crippen LogP contribution < -0.4 is 0 Å². The molecule has 1 aromatic heterocycles. The zero-order chi connectivity index (χ0) is 16.4. The highest BCUT2D eigenvalue weighted by molar-refractivity contribution is 6.03. The molecule has 0 aliphatic rings. The normalized spacial score (nSPS) is 11.1. The number of halogens is 1. The molecule has 2 rings (SSSR count). The summed E-state index contributed by atoms with van der Waals surface area (Å²) in [7, 11) is 0. The van der Waals surface area contributed by atoms with E-state index in [1.54, 1.807) is 25.3 Å². The molecule has 0 atom stereocenters. The second-order valence-electron chi connectivity index (χ2n) is 5.41. The van der Waals surface area contributed by atoms with E-state index in [1.807, 2.05) is 0 Å². The standard InChI is InChI=1S/C14H16FNO3.C2H4/c1-8-4-9-10(13(17)18)6-16(7-14(2,3)19)12(9)5-11(8)15;1-2/h4-6,19H,7H2,1-3H3,(H,17,18);1-2H2. The smallest absolute Gasteiger partial charge is 0.337 e. The predicted octanol–water partition coefficient (Wildman–Crippen LogP) is 3.36. The van der Waals surface area contributed by atoms with Gasteiger partial charge in [0.25, 0.3) is 0 Å². The summed E-state index contributed by atoms with van der Waals surface area (Å²) >= 11 is 0. The van der Waals surface area contributed by atoms with Crippen LogP contribution in [0.4, 0.5) is 4.39 Å². The highest BCUT2D eigenvalue weighted by Gasteiger charge is 2.20. The number of aromatic carboxylic acids is 1. The van der Waals surface area contributed by atoms with Gasteiger partial charge >= 0.3 is 5.97 Å². The Morgan fingerprint density at radius 1 is 1.38 bits per heavy atom. The molecule has 4 nitrogen and oxygen atoms in total. The third-order valence-electron chi connectivity index (χ3n) is 2.95. The van der Waals surface area contributed by atoms with E-state index < -0.39 is 11.6 Å². The van der Waals surface area contributed by atoms with Crippen molar-refractivity contribution in [3.8, 4) is 0 Å². The molecule has 1 aromatic carbocycles. The second kappa shape index (κ2) is 6.10. The van der Waals surface area contributed by atoms with Crippen LogP contribution in [0.2, 0.25) is 0 Å². The van der Waals surface area contributed by atoms with Gasteiger partial charge in [-0.2, -0.15) is 0 Å². The number of benzene rings is 1. The molecule has 1 heterocycles. The highest BCUT2D eigenvalue weighted by atomic mass is 19.1. The average Bonchev–Trinajstić information content (AvgIpc) is 2.69. The van der Waals surface area contributed by atoms with E-state index in [0.29, 0.717) is 16.5 Å². The van der Waals surface area contributed by atoms with Gasteiger partial charge in [-0.05, 0) is 38.5 Å². The van der Waals surface area contributed by atoms with Crippen molar-refractivity contribution in [2.45, 2.75) is 32.9 Å². The van der Waals surface area contributed by atoms with E-state index in [4.69, 9.17) is 0 Å². The number of carboxylic acids is 1. The van der Waals surface area contributed by atoms with Gasteiger partial charge < -0.3 is 14.8 Å². The minimum Gasteiger partial charge on any atom is -0.478 e. The lowest BCUT2D eigenvalue weighted by Gasteiger charge is -2.18. The Bertz CT molecular complexity index is 668. The van der Waals surface area contributed by atoms with Crippen LogP contribution in [-0.4, -0.2) is 26.4 Å². The first-order valence-electron chi connectivity index (χ1n) is 6.44. The van der Waals surface area contributed by atoms with Crippen LogP contribution in [0.5, 0.6) is 0 Å². The Hall–Kier alpha value is -2.14. The lowest BCUT2D eigenvalue weighted by Crippen LogP contribution is -2.25. The van der Waals surface area contributed by atoms with Crippen LogP contribution in [0.1, 0.15) is 29.8 Å². The zero-order valence-corrected chi connectivity index (χ0v) is 12.5. The molecule has 0 amide bonds. The number of aryl methyl sites for hydroxylation is 1. The molecular weight excluding hydrogens is 273 g/mol. The monoisotopic (exact) mass is 293 g/mol. The lowest BCUT2D eigenvalue weighted by molar-refractivity contribution is 0.0619. The summed E-state index contributed by atoms with van der Waals surface area (Å²) in [4.78, 5) is 11.2. The number of hydrogen-bond acceptors (Lipinski definition) is 2. The SMILES string of the molecule is C=C.Cc1cc2c(C(=O)O)cn(CC(C)(C)O)c2cc1F. The minimum atomic E-state index is -1.06. The van der Waals surface area contributed by atoms with Crippen molar-refractivity contribution in [3.05, 3.63) is 48.4 Å². The molecule has 2 N–H and O–H groups in total. The van der Waals surface area contributed by atoms with Crippen LogP contribution in [0.3, 0.4) is 0 Å². The molecule has 21 heavy (non-hydrogen) atoms. The first-order valence-corrected chi connectivity index (χ1v) is 6.44. The molecule has 0 saturated carbocycles. The molecule has 0 aliphatic carbocycles. The summed E-state index contributed by atoms with van der Waals surface area (Å²) < 4.78 is 15.2. The minimum absolute atomic E-state index is 0.113. The lowest BCUT2D eigenvalue weighted by atomic mass is 10.1. The van der Waals surface area contributed by atoms with Gasteiger partial charge in [0.15, 0.2) is 0 Å². The van der Waals surface area contributed by atoms with Gasteiger partial charge in [0.1, 0.15) is 5.82 Å². The van der Waals surface area contributed by atoms with Crippen molar-refractivity contribution in [2.24, 2.45) is 0 Å².